The molecule has 1 amide bonds. The molecule has 0 aromatic heterocycles. The fourth-order valence-electron chi connectivity index (χ4n) is 0.798. The highest BCUT2D eigenvalue weighted by molar-refractivity contribution is 5.68. The van der Waals surface area contributed by atoms with Crippen LogP contribution in [0.15, 0.2) is 12.3 Å². The maximum Gasteiger partial charge on any atom is 0.411 e. The summed E-state index contributed by atoms with van der Waals surface area (Å²) in [5, 5.41) is 2.58. The number of hydrogen-bond acceptors (Lipinski definition) is 2. The minimum Gasteiger partial charge on any atom is -0.444 e. The molecule has 0 radical (unpaired) electrons. The van der Waals surface area contributed by atoms with Gasteiger partial charge < -0.3 is 4.74 Å². The van der Waals surface area contributed by atoms with Crippen molar-refractivity contribution in [2.45, 2.75) is 47.1 Å². The summed E-state index contributed by atoms with van der Waals surface area (Å²) < 4.78 is 5.08. The number of nitrogens with one attached hydrogen (secondary N) is 1. The fourth-order valence-corrected chi connectivity index (χ4v) is 0.798. The lowest BCUT2D eigenvalue weighted by molar-refractivity contribution is 0.0552. The Morgan fingerprint density at radius 1 is 1.27 bits per heavy atom. The van der Waals surface area contributed by atoms with E-state index in [2.05, 4.69) is 26.1 Å². The molecule has 0 aliphatic rings. The first-order chi connectivity index (χ1) is 6.72. The van der Waals surface area contributed by atoms with Gasteiger partial charge in [0.25, 0.3) is 0 Å². The van der Waals surface area contributed by atoms with Gasteiger partial charge in [0.2, 0.25) is 0 Å². The lowest BCUT2D eigenvalue weighted by Gasteiger charge is -2.19. The van der Waals surface area contributed by atoms with Gasteiger partial charge in [-0.1, -0.05) is 26.8 Å². The van der Waals surface area contributed by atoms with Crippen LogP contribution in [0.4, 0.5) is 4.79 Å². The average Bonchev–Trinajstić information content (AvgIpc) is 2.00. The number of allylic oxidation sites excluding steroid dienone is 1. The van der Waals surface area contributed by atoms with Gasteiger partial charge in [0.05, 0.1) is 0 Å². The molecule has 88 valence electrons. The lowest BCUT2D eigenvalue weighted by Crippen LogP contribution is -2.29. The second kappa shape index (κ2) is 5.79. The molecule has 1 atom stereocenters. The molecular weight excluding hydrogens is 190 g/mol. The van der Waals surface area contributed by atoms with E-state index >= 15 is 0 Å². The van der Waals surface area contributed by atoms with E-state index in [4.69, 9.17) is 4.74 Å². The molecule has 0 aromatic rings. The summed E-state index contributed by atoms with van der Waals surface area (Å²) >= 11 is 0. The van der Waals surface area contributed by atoms with E-state index in [1.807, 2.05) is 26.8 Å². The summed E-state index contributed by atoms with van der Waals surface area (Å²) in [7, 11) is 0. The maximum atomic E-state index is 11.2. The van der Waals surface area contributed by atoms with Crippen LogP contribution in [-0.4, -0.2) is 11.7 Å². The topological polar surface area (TPSA) is 38.3 Å². The normalized spacial score (nSPS) is 14.3. The van der Waals surface area contributed by atoms with Crippen LogP contribution in [0.1, 0.15) is 41.5 Å². The van der Waals surface area contributed by atoms with E-state index in [1.54, 1.807) is 6.20 Å². The zero-order valence-electron chi connectivity index (χ0n) is 10.6. The second-order valence-corrected chi connectivity index (χ2v) is 5.11. The van der Waals surface area contributed by atoms with Crippen molar-refractivity contribution in [1.29, 1.82) is 0 Å². The minimum absolute atomic E-state index is 0.408. The van der Waals surface area contributed by atoms with Gasteiger partial charge in [-0.2, -0.15) is 0 Å². The van der Waals surface area contributed by atoms with Crippen LogP contribution in [0, 0.1) is 11.8 Å². The first kappa shape index (κ1) is 14.0. The van der Waals surface area contributed by atoms with Crippen LogP contribution >= 0.6 is 0 Å². The van der Waals surface area contributed by atoms with Gasteiger partial charge in [-0.3, -0.25) is 5.32 Å². The number of alkyl carbamates (subject to hydrolysis) is 1. The number of amides is 1. The highest BCUT2D eigenvalue weighted by atomic mass is 16.6. The highest BCUT2D eigenvalue weighted by Gasteiger charge is 2.14. The third-order valence-corrected chi connectivity index (χ3v) is 2.05. The third-order valence-electron chi connectivity index (χ3n) is 2.05. The molecule has 3 nitrogen and oxygen atoms in total. The van der Waals surface area contributed by atoms with Crippen molar-refractivity contribution < 1.29 is 9.53 Å². The Labute approximate surface area is 92.9 Å². The molecule has 15 heavy (non-hydrogen) atoms. The molecule has 0 aliphatic heterocycles. The van der Waals surface area contributed by atoms with Gasteiger partial charge in [-0.05, 0) is 32.6 Å². The zero-order chi connectivity index (χ0) is 12.1. The Bertz CT molecular complexity index is 226. The molecule has 0 saturated carbocycles. The average molecular weight is 213 g/mol. The number of carbonyl (C=O) groups is 1. The van der Waals surface area contributed by atoms with Crippen LogP contribution in [0.5, 0.6) is 0 Å². The van der Waals surface area contributed by atoms with Crippen LogP contribution in [0.2, 0.25) is 0 Å². The van der Waals surface area contributed by atoms with Gasteiger partial charge in [-0.25, -0.2) is 4.79 Å². The van der Waals surface area contributed by atoms with E-state index in [-0.39, 0.29) is 0 Å². The zero-order valence-corrected chi connectivity index (χ0v) is 10.6. The van der Waals surface area contributed by atoms with E-state index in [1.165, 1.54) is 0 Å². The molecule has 0 heterocycles. The second-order valence-electron chi connectivity index (χ2n) is 5.11. The molecule has 0 saturated heterocycles. The quantitative estimate of drug-likeness (QED) is 0.781. The largest absolute Gasteiger partial charge is 0.444 e. The van der Waals surface area contributed by atoms with E-state index in [0.717, 1.165) is 0 Å². The molecule has 0 fully saturated rings. The monoisotopic (exact) mass is 213 g/mol. The number of rotatable bonds is 3. The van der Waals surface area contributed by atoms with Crippen molar-refractivity contribution in [3.05, 3.63) is 12.3 Å². The maximum absolute atomic E-state index is 11.2. The third kappa shape index (κ3) is 8.03. The molecular formula is C12H23NO2. The lowest BCUT2D eigenvalue weighted by atomic mass is 9.98. The van der Waals surface area contributed by atoms with Gasteiger partial charge in [0.1, 0.15) is 5.60 Å². The Morgan fingerprint density at radius 2 is 1.80 bits per heavy atom. The Hall–Kier alpha value is -0.990. The smallest absolute Gasteiger partial charge is 0.411 e. The molecule has 0 spiro atoms. The Kier molecular flexibility index (Phi) is 5.40. The van der Waals surface area contributed by atoms with Crippen LogP contribution < -0.4 is 5.32 Å². The first-order valence-corrected chi connectivity index (χ1v) is 5.38. The summed E-state index contributed by atoms with van der Waals surface area (Å²) in [5.41, 5.74) is -0.443. The number of carbonyl (C=O) groups excluding carboxylic acids is 1. The van der Waals surface area contributed by atoms with E-state index in [9.17, 15) is 4.79 Å². The van der Waals surface area contributed by atoms with Gasteiger partial charge in [0.15, 0.2) is 0 Å². The van der Waals surface area contributed by atoms with Crippen molar-refractivity contribution in [2.75, 3.05) is 0 Å². The van der Waals surface area contributed by atoms with Gasteiger partial charge >= 0.3 is 6.09 Å². The first-order valence-electron chi connectivity index (χ1n) is 5.38. The van der Waals surface area contributed by atoms with Crippen molar-refractivity contribution in [3.63, 3.8) is 0 Å². The van der Waals surface area contributed by atoms with Crippen molar-refractivity contribution in [2.24, 2.45) is 11.8 Å². The molecule has 0 rings (SSSR count). The summed E-state index contributed by atoms with van der Waals surface area (Å²) in [6.45, 7) is 11.9. The fraction of sp³-hybridized carbons (Fsp3) is 0.750. The predicted molar refractivity (Wildman–Crippen MR) is 62.5 cm³/mol. The molecule has 0 aliphatic carbocycles. The Morgan fingerprint density at radius 3 is 2.20 bits per heavy atom. The Balaban J connectivity index is 3.91. The van der Waals surface area contributed by atoms with Crippen molar-refractivity contribution >= 4 is 6.09 Å². The van der Waals surface area contributed by atoms with Crippen LogP contribution in [0.3, 0.4) is 0 Å². The van der Waals surface area contributed by atoms with E-state index < -0.39 is 11.7 Å². The molecule has 0 aromatic carbocycles. The van der Waals surface area contributed by atoms with Crippen LogP contribution in [-0.2, 0) is 4.74 Å². The SMILES string of the molecule is CC(C)C(C)/C=C/NC(=O)OC(C)(C)C. The van der Waals surface area contributed by atoms with Gasteiger partial charge in [0, 0.05) is 6.20 Å². The van der Waals surface area contributed by atoms with Gasteiger partial charge in [-0.15, -0.1) is 0 Å². The van der Waals surface area contributed by atoms with Crippen molar-refractivity contribution in [3.8, 4) is 0 Å². The number of ether oxygens (including phenoxy) is 1. The predicted octanol–water partition coefficient (Wildman–Crippen LogP) is 3.32. The molecule has 0 bridgehead atoms. The summed E-state index contributed by atoms with van der Waals surface area (Å²) in [5.74, 6) is 1.02. The summed E-state index contributed by atoms with van der Waals surface area (Å²) in [6, 6.07) is 0. The summed E-state index contributed by atoms with van der Waals surface area (Å²) in [6.07, 6.45) is 3.21. The van der Waals surface area contributed by atoms with Crippen molar-refractivity contribution in [1.82, 2.24) is 5.32 Å². The molecule has 1 unspecified atom stereocenters. The molecule has 3 heteroatoms. The minimum atomic E-state index is -0.443. The highest BCUT2D eigenvalue weighted by Crippen LogP contribution is 2.10. The number of hydrogen-bond donors (Lipinski definition) is 1. The van der Waals surface area contributed by atoms with E-state index in [0.29, 0.717) is 11.8 Å². The molecule has 1 N–H and O–H groups in total. The standard InChI is InChI=1S/C12H23NO2/c1-9(2)10(3)7-8-13-11(14)15-12(4,5)6/h7-10H,1-6H3,(H,13,14)/b8-7+. The summed E-state index contributed by atoms with van der Waals surface area (Å²) in [4.78, 5) is 11.2. The van der Waals surface area contributed by atoms with Crippen LogP contribution in [0.25, 0.3) is 0 Å².